The van der Waals surface area contributed by atoms with Gasteiger partial charge >= 0.3 is 6.03 Å². The van der Waals surface area contributed by atoms with Crippen molar-refractivity contribution in [3.63, 3.8) is 0 Å². The molecule has 1 aromatic carbocycles. The third kappa shape index (κ3) is 6.33. The summed E-state index contributed by atoms with van der Waals surface area (Å²) in [4.78, 5) is 13.9. The van der Waals surface area contributed by atoms with Gasteiger partial charge in [0, 0.05) is 26.2 Å². The average Bonchev–Trinajstić information content (AvgIpc) is 2.60. The molecule has 2 N–H and O–H groups in total. The molecule has 1 saturated heterocycles. The molecule has 1 heterocycles. The van der Waals surface area contributed by atoms with Crippen molar-refractivity contribution in [2.45, 2.75) is 0 Å². The van der Waals surface area contributed by atoms with E-state index in [1.54, 1.807) is 7.11 Å². The van der Waals surface area contributed by atoms with Gasteiger partial charge in [-0.1, -0.05) is 12.1 Å². The van der Waals surface area contributed by atoms with Crippen molar-refractivity contribution in [3.05, 3.63) is 24.3 Å². The fraction of sp³-hybridized carbons (Fsp3) is 0.562. The predicted molar refractivity (Wildman–Crippen MR) is 87.1 cm³/mol. The minimum absolute atomic E-state index is 0.179. The smallest absolute Gasteiger partial charge is 0.314 e. The molecule has 7 nitrogen and oxygen atoms in total. The van der Waals surface area contributed by atoms with Crippen molar-refractivity contribution >= 4 is 6.03 Å². The van der Waals surface area contributed by atoms with Crippen molar-refractivity contribution in [3.8, 4) is 11.5 Å². The highest BCUT2D eigenvalue weighted by Crippen LogP contribution is 2.25. The summed E-state index contributed by atoms with van der Waals surface area (Å²) in [6.45, 7) is 5.68. The second-order valence-corrected chi connectivity index (χ2v) is 5.14. The first kappa shape index (κ1) is 17.4. The van der Waals surface area contributed by atoms with Crippen LogP contribution < -0.4 is 20.1 Å². The molecule has 0 saturated carbocycles. The quantitative estimate of drug-likeness (QED) is 0.689. The molecule has 2 rings (SSSR count). The summed E-state index contributed by atoms with van der Waals surface area (Å²) in [6, 6.07) is 7.25. The molecule has 128 valence electrons. The molecular formula is C16H25N3O4. The Kier molecular flexibility index (Phi) is 7.48. The van der Waals surface area contributed by atoms with Crippen LogP contribution in [0.4, 0.5) is 4.79 Å². The highest BCUT2D eigenvalue weighted by molar-refractivity contribution is 5.73. The molecule has 0 aromatic heterocycles. The number of methoxy groups -OCH3 is 1. The van der Waals surface area contributed by atoms with Crippen LogP contribution in [0.1, 0.15) is 0 Å². The molecule has 23 heavy (non-hydrogen) atoms. The molecule has 0 radical (unpaired) electrons. The average molecular weight is 323 g/mol. The molecule has 1 aromatic rings. The number of nitrogens with zero attached hydrogens (tertiary/aromatic N) is 1. The second kappa shape index (κ2) is 9.91. The minimum Gasteiger partial charge on any atom is -0.493 e. The van der Waals surface area contributed by atoms with E-state index in [1.807, 2.05) is 24.3 Å². The first-order valence-electron chi connectivity index (χ1n) is 7.87. The number of carbonyl (C=O) groups is 1. The molecule has 0 unspecified atom stereocenters. The summed E-state index contributed by atoms with van der Waals surface area (Å²) >= 11 is 0. The van der Waals surface area contributed by atoms with Crippen molar-refractivity contribution in [2.24, 2.45) is 0 Å². The topological polar surface area (TPSA) is 72.1 Å². The monoisotopic (exact) mass is 323 g/mol. The van der Waals surface area contributed by atoms with Gasteiger partial charge in [-0.25, -0.2) is 4.79 Å². The van der Waals surface area contributed by atoms with E-state index in [0.29, 0.717) is 31.2 Å². The lowest BCUT2D eigenvalue weighted by molar-refractivity contribution is 0.0387. The van der Waals surface area contributed by atoms with E-state index < -0.39 is 0 Å². The normalized spacial score (nSPS) is 15.0. The Morgan fingerprint density at radius 2 is 1.87 bits per heavy atom. The molecule has 0 aliphatic carbocycles. The number of urea groups is 1. The van der Waals surface area contributed by atoms with Gasteiger partial charge in [0.05, 0.1) is 26.9 Å². The van der Waals surface area contributed by atoms with Crippen LogP contribution in [0.5, 0.6) is 11.5 Å². The van der Waals surface area contributed by atoms with Gasteiger partial charge in [0.15, 0.2) is 11.5 Å². The molecule has 1 aliphatic heterocycles. The highest BCUT2D eigenvalue weighted by Gasteiger charge is 2.10. The maximum absolute atomic E-state index is 11.7. The Hall–Kier alpha value is -1.99. The first-order chi connectivity index (χ1) is 11.3. The number of hydrogen-bond donors (Lipinski definition) is 2. The fourth-order valence-electron chi connectivity index (χ4n) is 2.28. The zero-order valence-corrected chi connectivity index (χ0v) is 13.5. The van der Waals surface area contributed by atoms with Gasteiger partial charge in [-0.2, -0.15) is 0 Å². The molecular weight excluding hydrogens is 298 g/mol. The lowest BCUT2D eigenvalue weighted by Crippen LogP contribution is -2.44. The van der Waals surface area contributed by atoms with Gasteiger partial charge in [0.25, 0.3) is 0 Å². The maximum Gasteiger partial charge on any atom is 0.314 e. The van der Waals surface area contributed by atoms with E-state index in [0.717, 1.165) is 32.8 Å². The largest absolute Gasteiger partial charge is 0.493 e. The third-order valence-corrected chi connectivity index (χ3v) is 3.53. The Morgan fingerprint density at radius 3 is 2.61 bits per heavy atom. The number of rotatable bonds is 8. The summed E-state index contributed by atoms with van der Waals surface area (Å²) in [5, 5.41) is 5.61. The molecule has 0 atom stereocenters. The van der Waals surface area contributed by atoms with E-state index >= 15 is 0 Å². The Labute approximate surface area is 136 Å². The van der Waals surface area contributed by atoms with Gasteiger partial charge in [-0.3, -0.25) is 4.90 Å². The summed E-state index contributed by atoms with van der Waals surface area (Å²) in [5.74, 6) is 1.35. The summed E-state index contributed by atoms with van der Waals surface area (Å²) < 4.78 is 16.1. The third-order valence-electron chi connectivity index (χ3n) is 3.53. The number of para-hydroxylation sites is 2. The Balaban J connectivity index is 1.54. The standard InChI is InChI=1S/C16H25N3O4/c1-21-14-4-2-3-5-15(14)23-11-7-18-16(20)17-6-8-19-9-12-22-13-10-19/h2-5H,6-13H2,1H3,(H2,17,18,20). The zero-order chi connectivity index (χ0) is 16.3. The molecule has 0 bridgehead atoms. The van der Waals surface area contributed by atoms with Gasteiger partial charge in [-0.15, -0.1) is 0 Å². The zero-order valence-electron chi connectivity index (χ0n) is 13.5. The van der Waals surface area contributed by atoms with E-state index in [9.17, 15) is 4.79 Å². The molecule has 1 aliphatic rings. The molecule has 7 heteroatoms. The van der Waals surface area contributed by atoms with Crippen LogP contribution in [0.2, 0.25) is 0 Å². The van der Waals surface area contributed by atoms with E-state index in [2.05, 4.69) is 15.5 Å². The van der Waals surface area contributed by atoms with Gasteiger partial charge in [0.1, 0.15) is 6.61 Å². The number of carbonyl (C=O) groups excluding carboxylic acids is 1. The maximum atomic E-state index is 11.7. The number of amides is 2. The molecule has 1 fully saturated rings. The summed E-state index contributed by atoms with van der Waals surface area (Å²) in [5.41, 5.74) is 0. The van der Waals surface area contributed by atoms with Crippen molar-refractivity contribution in [1.29, 1.82) is 0 Å². The van der Waals surface area contributed by atoms with E-state index in [4.69, 9.17) is 14.2 Å². The Bertz CT molecular complexity index is 478. The van der Waals surface area contributed by atoms with Gasteiger partial charge in [-0.05, 0) is 12.1 Å². The van der Waals surface area contributed by atoms with Gasteiger partial charge in [0.2, 0.25) is 0 Å². The van der Waals surface area contributed by atoms with Crippen molar-refractivity contribution in [1.82, 2.24) is 15.5 Å². The second-order valence-electron chi connectivity index (χ2n) is 5.14. The number of morpholine rings is 1. The van der Waals surface area contributed by atoms with Crippen LogP contribution >= 0.6 is 0 Å². The SMILES string of the molecule is COc1ccccc1OCCNC(=O)NCCN1CCOCC1. The lowest BCUT2D eigenvalue weighted by atomic mass is 10.3. The predicted octanol–water partition coefficient (Wildman–Crippen LogP) is 0.705. The van der Waals surface area contributed by atoms with E-state index in [-0.39, 0.29) is 6.03 Å². The van der Waals surface area contributed by atoms with Crippen LogP contribution in [0.3, 0.4) is 0 Å². The Morgan fingerprint density at radius 1 is 1.17 bits per heavy atom. The van der Waals surface area contributed by atoms with Crippen molar-refractivity contribution < 1.29 is 19.0 Å². The van der Waals surface area contributed by atoms with E-state index in [1.165, 1.54) is 0 Å². The summed E-state index contributed by atoms with van der Waals surface area (Å²) in [6.07, 6.45) is 0. The van der Waals surface area contributed by atoms with Crippen LogP contribution in [0, 0.1) is 0 Å². The number of ether oxygens (including phenoxy) is 3. The summed E-state index contributed by atoms with van der Waals surface area (Å²) in [7, 11) is 1.60. The fourth-order valence-corrected chi connectivity index (χ4v) is 2.28. The lowest BCUT2D eigenvalue weighted by Gasteiger charge is -2.26. The van der Waals surface area contributed by atoms with Gasteiger partial charge < -0.3 is 24.8 Å². The van der Waals surface area contributed by atoms with Crippen LogP contribution in [0.15, 0.2) is 24.3 Å². The number of benzene rings is 1. The number of nitrogens with one attached hydrogen (secondary N) is 2. The van der Waals surface area contributed by atoms with Crippen molar-refractivity contribution in [2.75, 3.05) is 59.7 Å². The molecule has 2 amide bonds. The molecule has 0 spiro atoms. The highest BCUT2D eigenvalue weighted by atomic mass is 16.5. The van der Waals surface area contributed by atoms with Crippen LogP contribution in [0.25, 0.3) is 0 Å². The van der Waals surface area contributed by atoms with Crippen LogP contribution in [-0.4, -0.2) is 70.6 Å². The number of hydrogen-bond acceptors (Lipinski definition) is 5. The first-order valence-corrected chi connectivity index (χ1v) is 7.87. The van der Waals surface area contributed by atoms with Crippen LogP contribution in [-0.2, 0) is 4.74 Å². The minimum atomic E-state index is -0.179.